The van der Waals surface area contributed by atoms with Gasteiger partial charge in [0.1, 0.15) is 19.0 Å². The SMILES string of the molecule is FCCn1cncc1-c1ccc(OCc2ccccc2)cc1. The molecule has 3 nitrogen and oxygen atoms in total. The highest BCUT2D eigenvalue weighted by molar-refractivity contribution is 5.59. The Labute approximate surface area is 129 Å². The van der Waals surface area contributed by atoms with Crippen LogP contribution in [0.4, 0.5) is 4.39 Å². The van der Waals surface area contributed by atoms with E-state index in [1.165, 1.54) is 0 Å². The average Bonchev–Trinajstić information content (AvgIpc) is 3.03. The van der Waals surface area contributed by atoms with Gasteiger partial charge in [-0.05, 0) is 29.8 Å². The molecule has 0 atom stereocenters. The summed E-state index contributed by atoms with van der Waals surface area (Å²) in [6, 6.07) is 17.8. The highest BCUT2D eigenvalue weighted by Gasteiger charge is 2.05. The Kier molecular flexibility index (Phi) is 4.49. The van der Waals surface area contributed by atoms with E-state index < -0.39 is 6.67 Å². The van der Waals surface area contributed by atoms with Crippen LogP contribution >= 0.6 is 0 Å². The van der Waals surface area contributed by atoms with Crippen molar-refractivity contribution in [2.75, 3.05) is 6.67 Å². The van der Waals surface area contributed by atoms with Gasteiger partial charge in [-0.15, -0.1) is 0 Å². The molecule has 0 amide bonds. The predicted octanol–water partition coefficient (Wildman–Crippen LogP) is 4.10. The molecule has 0 saturated heterocycles. The van der Waals surface area contributed by atoms with Crippen LogP contribution in [0.2, 0.25) is 0 Å². The highest BCUT2D eigenvalue weighted by atomic mass is 19.1. The van der Waals surface area contributed by atoms with Gasteiger partial charge in [-0.3, -0.25) is 0 Å². The summed E-state index contributed by atoms with van der Waals surface area (Å²) in [5.74, 6) is 0.809. The first-order chi connectivity index (χ1) is 10.9. The molecule has 1 aromatic heterocycles. The lowest BCUT2D eigenvalue weighted by atomic mass is 10.1. The van der Waals surface area contributed by atoms with E-state index in [2.05, 4.69) is 4.98 Å². The highest BCUT2D eigenvalue weighted by Crippen LogP contribution is 2.22. The van der Waals surface area contributed by atoms with Crippen LogP contribution in [0.3, 0.4) is 0 Å². The predicted molar refractivity (Wildman–Crippen MR) is 84.4 cm³/mol. The van der Waals surface area contributed by atoms with Crippen molar-refractivity contribution in [3.8, 4) is 17.0 Å². The fourth-order valence-electron chi connectivity index (χ4n) is 2.29. The summed E-state index contributed by atoms with van der Waals surface area (Å²) in [5.41, 5.74) is 3.04. The summed E-state index contributed by atoms with van der Waals surface area (Å²) in [6.45, 7) is 0.462. The van der Waals surface area contributed by atoms with Crippen LogP contribution in [0.5, 0.6) is 5.75 Å². The topological polar surface area (TPSA) is 27.1 Å². The maximum atomic E-state index is 12.5. The van der Waals surface area contributed by atoms with Crippen molar-refractivity contribution in [2.45, 2.75) is 13.2 Å². The molecule has 3 rings (SSSR count). The number of nitrogens with zero attached hydrogens (tertiary/aromatic N) is 2. The van der Waals surface area contributed by atoms with Gasteiger partial charge in [0, 0.05) is 5.56 Å². The molecule has 0 aliphatic heterocycles. The van der Waals surface area contributed by atoms with Crippen molar-refractivity contribution in [3.05, 3.63) is 72.7 Å². The molecule has 0 spiro atoms. The average molecular weight is 296 g/mol. The normalized spacial score (nSPS) is 10.6. The van der Waals surface area contributed by atoms with Gasteiger partial charge in [0.05, 0.1) is 24.8 Å². The van der Waals surface area contributed by atoms with E-state index in [9.17, 15) is 4.39 Å². The van der Waals surface area contributed by atoms with Gasteiger partial charge >= 0.3 is 0 Å². The van der Waals surface area contributed by atoms with Gasteiger partial charge in [0.15, 0.2) is 0 Å². The van der Waals surface area contributed by atoms with E-state index in [4.69, 9.17) is 4.74 Å². The molecule has 2 aromatic carbocycles. The molecule has 22 heavy (non-hydrogen) atoms. The monoisotopic (exact) mass is 296 g/mol. The van der Waals surface area contributed by atoms with Crippen LogP contribution in [0, 0.1) is 0 Å². The molecule has 0 fully saturated rings. The van der Waals surface area contributed by atoms with Gasteiger partial charge in [-0.25, -0.2) is 9.37 Å². The lowest BCUT2D eigenvalue weighted by Crippen LogP contribution is -2.00. The molecule has 4 heteroatoms. The number of benzene rings is 2. The zero-order valence-corrected chi connectivity index (χ0v) is 12.2. The molecule has 3 aromatic rings. The van der Waals surface area contributed by atoms with E-state index in [-0.39, 0.29) is 0 Å². The molecule has 0 aliphatic carbocycles. The van der Waals surface area contributed by atoms with Crippen molar-refractivity contribution in [1.29, 1.82) is 0 Å². The molecule has 0 bridgehead atoms. The van der Waals surface area contributed by atoms with Crippen LogP contribution in [0.1, 0.15) is 5.56 Å². The molecule has 0 unspecified atom stereocenters. The summed E-state index contributed by atoms with van der Waals surface area (Å²) in [6.07, 6.45) is 3.39. The van der Waals surface area contributed by atoms with Crippen LogP contribution in [0.15, 0.2) is 67.1 Å². The van der Waals surface area contributed by atoms with E-state index >= 15 is 0 Å². The minimum atomic E-state index is -0.401. The number of ether oxygens (including phenoxy) is 1. The summed E-state index contributed by atoms with van der Waals surface area (Å²) in [7, 11) is 0. The summed E-state index contributed by atoms with van der Waals surface area (Å²) < 4.78 is 20.1. The molecule has 0 saturated carbocycles. The smallest absolute Gasteiger partial charge is 0.119 e. The number of rotatable bonds is 6. The second-order valence-corrected chi connectivity index (χ2v) is 4.96. The Morgan fingerprint density at radius 3 is 2.50 bits per heavy atom. The van der Waals surface area contributed by atoms with Crippen LogP contribution in [-0.4, -0.2) is 16.2 Å². The van der Waals surface area contributed by atoms with Crippen LogP contribution in [-0.2, 0) is 13.2 Å². The zero-order chi connectivity index (χ0) is 15.2. The third-order valence-corrected chi connectivity index (χ3v) is 3.44. The van der Waals surface area contributed by atoms with Crippen molar-refractivity contribution < 1.29 is 9.13 Å². The number of hydrogen-bond acceptors (Lipinski definition) is 2. The Balaban J connectivity index is 1.68. The maximum absolute atomic E-state index is 12.5. The van der Waals surface area contributed by atoms with Gasteiger partial charge in [-0.2, -0.15) is 0 Å². The van der Waals surface area contributed by atoms with E-state index in [0.717, 1.165) is 22.6 Å². The summed E-state index contributed by atoms with van der Waals surface area (Å²) in [4.78, 5) is 4.08. The largest absolute Gasteiger partial charge is 0.489 e. The van der Waals surface area contributed by atoms with Crippen molar-refractivity contribution >= 4 is 0 Å². The van der Waals surface area contributed by atoms with Crippen molar-refractivity contribution in [2.24, 2.45) is 0 Å². The van der Waals surface area contributed by atoms with Gasteiger partial charge in [0.25, 0.3) is 0 Å². The molecule has 0 aliphatic rings. The van der Waals surface area contributed by atoms with Gasteiger partial charge in [0.2, 0.25) is 0 Å². The third kappa shape index (κ3) is 3.34. The van der Waals surface area contributed by atoms with E-state index in [0.29, 0.717) is 13.2 Å². The minimum absolute atomic E-state index is 0.321. The summed E-state index contributed by atoms with van der Waals surface area (Å²) >= 11 is 0. The third-order valence-electron chi connectivity index (χ3n) is 3.44. The Morgan fingerprint density at radius 2 is 1.77 bits per heavy atom. The first-order valence-corrected chi connectivity index (χ1v) is 7.20. The van der Waals surface area contributed by atoms with Crippen LogP contribution < -0.4 is 4.74 Å². The molecular weight excluding hydrogens is 279 g/mol. The lowest BCUT2D eigenvalue weighted by molar-refractivity contribution is 0.306. The zero-order valence-electron chi connectivity index (χ0n) is 12.2. The Hall–Kier alpha value is -2.62. The molecular formula is C18H17FN2O. The number of alkyl halides is 1. The molecule has 1 heterocycles. The van der Waals surface area contributed by atoms with Crippen LogP contribution in [0.25, 0.3) is 11.3 Å². The van der Waals surface area contributed by atoms with E-state index in [1.54, 1.807) is 17.1 Å². The standard InChI is InChI=1S/C18H17FN2O/c19-10-11-21-14-20-12-18(21)16-6-8-17(9-7-16)22-13-15-4-2-1-3-5-15/h1-9,12,14H,10-11,13H2. The molecule has 0 radical (unpaired) electrons. The number of hydrogen-bond donors (Lipinski definition) is 0. The van der Waals surface area contributed by atoms with Crippen molar-refractivity contribution in [3.63, 3.8) is 0 Å². The maximum Gasteiger partial charge on any atom is 0.119 e. The molecule has 112 valence electrons. The second kappa shape index (κ2) is 6.89. The first kappa shape index (κ1) is 14.3. The van der Waals surface area contributed by atoms with E-state index in [1.807, 2.05) is 54.6 Å². The number of halogens is 1. The Bertz CT molecular complexity index is 707. The van der Waals surface area contributed by atoms with Gasteiger partial charge < -0.3 is 9.30 Å². The number of imidazole rings is 1. The molecule has 0 N–H and O–H groups in total. The van der Waals surface area contributed by atoms with Gasteiger partial charge in [-0.1, -0.05) is 30.3 Å². The quantitative estimate of drug-likeness (QED) is 0.685. The number of aryl methyl sites for hydroxylation is 1. The number of aromatic nitrogens is 2. The lowest BCUT2D eigenvalue weighted by Gasteiger charge is -2.09. The minimum Gasteiger partial charge on any atom is -0.489 e. The fourth-order valence-corrected chi connectivity index (χ4v) is 2.29. The van der Waals surface area contributed by atoms with Crippen molar-refractivity contribution in [1.82, 2.24) is 9.55 Å². The Morgan fingerprint density at radius 1 is 1.00 bits per heavy atom. The summed E-state index contributed by atoms with van der Waals surface area (Å²) in [5, 5.41) is 0. The fraction of sp³-hybridized carbons (Fsp3) is 0.167. The second-order valence-electron chi connectivity index (χ2n) is 4.96. The first-order valence-electron chi connectivity index (χ1n) is 7.20.